The van der Waals surface area contributed by atoms with Gasteiger partial charge >= 0.3 is 0 Å². The van der Waals surface area contributed by atoms with Crippen molar-refractivity contribution < 1.29 is 23.4 Å². The first-order valence-corrected chi connectivity index (χ1v) is 5.09. The second-order valence-electron chi connectivity index (χ2n) is 4.00. The molecule has 0 fully saturated rings. The fourth-order valence-corrected chi connectivity index (χ4v) is 1.79. The van der Waals surface area contributed by atoms with Crippen molar-refractivity contribution >= 4 is 0 Å². The van der Waals surface area contributed by atoms with Crippen LogP contribution >= 0.6 is 0 Å². The van der Waals surface area contributed by atoms with Gasteiger partial charge in [-0.15, -0.1) is 0 Å². The molecule has 1 aromatic rings. The minimum absolute atomic E-state index is 0.243. The Morgan fingerprint density at radius 1 is 1.24 bits per heavy atom. The Bertz CT molecular complexity index is 401. The lowest BCUT2D eigenvalue weighted by Crippen LogP contribution is -2.41. The topological polar surface area (TPSA) is 38.7 Å². The van der Waals surface area contributed by atoms with Crippen molar-refractivity contribution in [1.82, 2.24) is 0 Å². The second-order valence-corrected chi connectivity index (χ2v) is 4.00. The molecule has 1 unspecified atom stereocenters. The highest BCUT2D eigenvalue weighted by atomic mass is 19.1. The van der Waals surface area contributed by atoms with Crippen LogP contribution in [-0.4, -0.2) is 25.6 Å². The SMILES string of the molecule is COC(OC)C(C)(O)c1c(F)ccc(C)c1F. The second kappa shape index (κ2) is 5.08. The van der Waals surface area contributed by atoms with E-state index < -0.39 is 29.1 Å². The van der Waals surface area contributed by atoms with E-state index in [-0.39, 0.29) is 5.56 Å². The molecule has 0 aliphatic carbocycles. The average molecular weight is 246 g/mol. The van der Waals surface area contributed by atoms with Crippen LogP contribution in [0.4, 0.5) is 8.78 Å². The number of benzene rings is 1. The fourth-order valence-electron chi connectivity index (χ4n) is 1.79. The lowest BCUT2D eigenvalue weighted by Gasteiger charge is -2.31. The van der Waals surface area contributed by atoms with Gasteiger partial charge < -0.3 is 14.6 Å². The summed E-state index contributed by atoms with van der Waals surface area (Å²) in [5.74, 6) is -1.63. The number of hydrogen-bond donors (Lipinski definition) is 1. The molecule has 0 aliphatic rings. The Kier molecular flexibility index (Phi) is 4.19. The first-order valence-electron chi connectivity index (χ1n) is 5.09. The zero-order valence-electron chi connectivity index (χ0n) is 10.3. The molecule has 17 heavy (non-hydrogen) atoms. The molecule has 0 bridgehead atoms. The van der Waals surface area contributed by atoms with Crippen LogP contribution in [0.1, 0.15) is 18.1 Å². The third kappa shape index (κ3) is 2.46. The van der Waals surface area contributed by atoms with Gasteiger partial charge in [-0.2, -0.15) is 0 Å². The maximum Gasteiger partial charge on any atom is 0.189 e. The van der Waals surface area contributed by atoms with E-state index in [9.17, 15) is 13.9 Å². The third-order valence-electron chi connectivity index (χ3n) is 2.68. The molecule has 0 heterocycles. The van der Waals surface area contributed by atoms with Crippen LogP contribution < -0.4 is 0 Å². The van der Waals surface area contributed by atoms with E-state index in [1.54, 1.807) is 0 Å². The number of methoxy groups -OCH3 is 2. The maximum absolute atomic E-state index is 13.9. The van der Waals surface area contributed by atoms with E-state index in [4.69, 9.17) is 9.47 Å². The summed E-state index contributed by atoms with van der Waals surface area (Å²) < 4.78 is 37.3. The summed E-state index contributed by atoms with van der Waals surface area (Å²) in [6.07, 6.45) is -1.16. The van der Waals surface area contributed by atoms with E-state index in [0.29, 0.717) is 0 Å². The lowest BCUT2D eigenvalue weighted by atomic mass is 9.92. The van der Waals surface area contributed by atoms with Crippen molar-refractivity contribution in [1.29, 1.82) is 0 Å². The predicted molar refractivity (Wildman–Crippen MR) is 58.5 cm³/mol. The molecule has 0 spiro atoms. The van der Waals surface area contributed by atoms with Crippen LogP contribution in [0, 0.1) is 18.6 Å². The summed E-state index contributed by atoms with van der Waals surface area (Å²) in [7, 11) is 2.57. The van der Waals surface area contributed by atoms with Crippen molar-refractivity contribution in [3.63, 3.8) is 0 Å². The van der Waals surface area contributed by atoms with Gasteiger partial charge in [-0.3, -0.25) is 0 Å². The zero-order valence-corrected chi connectivity index (χ0v) is 10.3. The van der Waals surface area contributed by atoms with Gasteiger partial charge in [-0.05, 0) is 25.5 Å². The van der Waals surface area contributed by atoms with E-state index >= 15 is 0 Å². The smallest absolute Gasteiger partial charge is 0.189 e. The van der Waals surface area contributed by atoms with E-state index in [1.807, 2.05) is 0 Å². The molecule has 5 heteroatoms. The Labute approximate surface area is 99.0 Å². The third-order valence-corrected chi connectivity index (χ3v) is 2.68. The highest BCUT2D eigenvalue weighted by Gasteiger charge is 2.39. The number of aliphatic hydroxyl groups is 1. The standard InChI is InChI=1S/C12H16F2O3/c1-7-5-6-8(13)9(10(7)14)12(2,15)11(16-3)17-4/h5-6,11,15H,1-4H3. The summed E-state index contributed by atoms with van der Waals surface area (Å²) in [6, 6.07) is 2.41. The van der Waals surface area contributed by atoms with Crippen LogP contribution in [0.15, 0.2) is 12.1 Å². The zero-order chi connectivity index (χ0) is 13.2. The number of ether oxygens (including phenoxy) is 2. The number of rotatable bonds is 4. The Morgan fingerprint density at radius 3 is 2.24 bits per heavy atom. The molecule has 0 saturated carbocycles. The summed E-state index contributed by atoms with van der Waals surface area (Å²) in [5, 5.41) is 10.2. The van der Waals surface area contributed by atoms with Gasteiger partial charge in [0.15, 0.2) is 6.29 Å². The normalized spacial score (nSPS) is 15.1. The van der Waals surface area contributed by atoms with Gasteiger partial charge in [0.25, 0.3) is 0 Å². The van der Waals surface area contributed by atoms with Crippen molar-refractivity contribution in [3.05, 3.63) is 34.9 Å². The molecule has 1 atom stereocenters. The molecule has 0 amide bonds. The Hall–Kier alpha value is -1.04. The Morgan fingerprint density at radius 2 is 1.76 bits per heavy atom. The lowest BCUT2D eigenvalue weighted by molar-refractivity contribution is -0.215. The first kappa shape index (κ1) is 14.0. The van der Waals surface area contributed by atoms with Crippen molar-refractivity contribution in [2.24, 2.45) is 0 Å². The molecular weight excluding hydrogens is 230 g/mol. The highest BCUT2D eigenvalue weighted by molar-refractivity contribution is 5.31. The first-order chi connectivity index (χ1) is 7.86. The number of aryl methyl sites for hydroxylation is 1. The fraction of sp³-hybridized carbons (Fsp3) is 0.500. The number of hydrogen-bond acceptors (Lipinski definition) is 3. The van der Waals surface area contributed by atoms with Crippen molar-refractivity contribution in [2.75, 3.05) is 14.2 Å². The average Bonchev–Trinajstić information content (AvgIpc) is 2.25. The molecule has 1 aromatic carbocycles. The van der Waals surface area contributed by atoms with Gasteiger partial charge in [0.1, 0.15) is 17.2 Å². The molecule has 96 valence electrons. The van der Waals surface area contributed by atoms with Crippen LogP contribution in [0.2, 0.25) is 0 Å². The summed E-state index contributed by atoms with van der Waals surface area (Å²) in [5.41, 5.74) is -2.12. The minimum Gasteiger partial charge on any atom is -0.380 e. The predicted octanol–water partition coefficient (Wildman–Crippen LogP) is 2.10. The minimum atomic E-state index is -1.91. The molecule has 0 radical (unpaired) electrons. The van der Waals surface area contributed by atoms with Crippen molar-refractivity contribution in [2.45, 2.75) is 25.7 Å². The summed E-state index contributed by atoms with van der Waals surface area (Å²) in [4.78, 5) is 0. The van der Waals surface area contributed by atoms with Gasteiger partial charge in [0, 0.05) is 14.2 Å². The quantitative estimate of drug-likeness (QED) is 0.827. The summed E-state index contributed by atoms with van der Waals surface area (Å²) >= 11 is 0. The van der Waals surface area contributed by atoms with Gasteiger partial charge in [0.05, 0.1) is 5.56 Å². The maximum atomic E-state index is 13.9. The van der Waals surface area contributed by atoms with Gasteiger partial charge in [0.2, 0.25) is 0 Å². The van der Waals surface area contributed by atoms with Crippen molar-refractivity contribution in [3.8, 4) is 0 Å². The van der Waals surface area contributed by atoms with E-state index in [0.717, 1.165) is 6.07 Å². The van der Waals surface area contributed by atoms with Crippen LogP contribution in [0.5, 0.6) is 0 Å². The molecule has 0 aliphatic heterocycles. The van der Waals surface area contributed by atoms with Crippen LogP contribution in [0.25, 0.3) is 0 Å². The molecule has 0 aromatic heterocycles. The number of halogens is 2. The largest absolute Gasteiger partial charge is 0.380 e. The summed E-state index contributed by atoms with van der Waals surface area (Å²) in [6.45, 7) is 2.73. The molecule has 0 saturated heterocycles. The monoisotopic (exact) mass is 246 g/mol. The van der Waals surface area contributed by atoms with Gasteiger partial charge in [-0.1, -0.05) is 6.07 Å². The van der Waals surface area contributed by atoms with Crippen LogP contribution in [-0.2, 0) is 15.1 Å². The Balaban J connectivity index is 3.36. The molecular formula is C12H16F2O3. The van der Waals surface area contributed by atoms with E-state index in [2.05, 4.69) is 0 Å². The molecule has 1 N–H and O–H groups in total. The molecule has 3 nitrogen and oxygen atoms in total. The van der Waals surface area contributed by atoms with E-state index in [1.165, 1.54) is 34.1 Å². The van der Waals surface area contributed by atoms with Crippen LogP contribution in [0.3, 0.4) is 0 Å². The van der Waals surface area contributed by atoms with Gasteiger partial charge in [-0.25, -0.2) is 8.78 Å². The highest BCUT2D eigenvalue weighted by Crippen LogP contribution is 2.32. The molecule has 1 rings (SSSR count).